The molecule has 9 heteroatoms. The largest absolute Gasteiger partial charge is 0.480 e. The number of carboxylic acids is 1. The number of methoxy groups -OCH3 is 1. The van der Waals surface area contributed by atoms with Gasteiger partial charge in [-0.1, -0.05) is 48.5 Å². The highest BCUT2D eigenvalue weighted by Crippen LogP contribution is 2.44. The molecule has 0 bridgehead atoms. The van der Waals surface area contributed by atoms with Crippen molar-refractivity contribution in [2.24, 2.45) is 0 Å². The third kappa shape index (κ3) is 5.62. The normalized spacial score (nSPS) is 17.9. The number of hydrogen-bond donors (Lipinski definition) is 2. The van der Waals surface area contributed by atoms with Gasteiger partial charge in [0.25, 0.3) is 0 Å². The van der Waals surface area contributed by atoms with Crippen LogP contribution in [0.25, 0.3) is 11.1 Å². The Balaban J connectivity index is 1.44. The summed E-state index contributed by atoms with van der Waals surface area (Å²) in [5.41, 5.74) is 4.47. The summed E-state index contributed by atoms with van der Waals surface area (Å²) in [5, 5.41) is 12.3. The molecule has 2 N–H and O–H groups in total. The summed E-state index contributed by atoms with van der Waals surface area (Å²) in [5.74, 6) is -0.543. The van der Waals surface area contributed by atoms with Crippen LogP contribution < -0.4 is 5.32 Å². The van der Waals surface area contributed by atoms with Crippen LogP contribution >= 0.6 is 11.8 Å². The fourth-order valence-electron chi connectivity index (χ4n) is 4.74. The minimum Gasteiger partial charge on any atom is -0.480 e. The quantitative estimate of drug-likeness (QED) is 0.511. The molecule has 2 aromatic rings. The first-order valence-electron chi connectivity index (χ1n) is 11.7. The van der Waals surface area contributed by atoms with Crippen LogP contribution in [0, 0.1) is 0 Å². The molecule has 0 saturated carbocycles. The maximum absolute atomic E-state index is 13.3. The van der Waals surface area contributed by atoms with Gasteiger partial charge in [-0.05, 0) is 35.1 Å². The molecule has 1 heterocycles. The van der Waals surface area contributed by atoms with Gasteiger partial charge in [0.2, 0.25) is 5.91 Å². The number of rotatable bonds is 9. The Hall–Kier alpha value is -3.04. The Bertz CT molecular complexity index is 1030. The minimum atomic E-state index is -1.04. The zero-order chi connectivity index (χ0) is 24.8. The summed E-state index contributed by atoms with van der Waals surface area (Å²) in [4.78, 5) is 39.1. The number of fused-ring (bicyclic) bond motifs is 3. The summed E-state index contributed by atoms with van der Waals surface area (Å²) < 4.78 is 10.7. The van der Waals surface area contributed by atoms with Gasteiger partial charge in [-0.15, -0.1) is 0 Å². The molecule has 186 valence electrons. The van der Waals surface area contributed by atoms with Crippen LogP contribution in [0.2, 0.25) is 0 Å². The summed E-state index contributed by atoms with van der Waals surface area (Å²) in [7, 11) is 1.57. The first kappa shape index (κ1) is 25.1. The highest BCUT2D eigenvalue weighted by Gasteiger charge is 2.36. The summed E-state index contributed by atoms with van der Waals surface area (Å²) in [6.45, 7) is 0.888. The van der Waals surface area contributed by atoms with Gasteiger partial charge in [0.05, 0.1) is 0 Å². The molecule has 1 aliphatic carbocycles. The lowest BCUT2D eigenvalue weighted by molar-refractivity contribution is -0.150. The van der Waals surface area contributed by atoms with Crippen molar-refractivity contribution in [3.05, 3.63) is 59.7 Å². The number of aliphatic carboxylic acids is 1. The van der Waals surface area contributed by atoms with E-state index in [1.165, 1.54) is 16.7 Å². The van der Waals surface area contributed by atoms with Crippen LogP contribution in [0.4, 0.5) is 4.79 Å². The number of hydrogen-bond acceptors (Lipinski definition) is 6. The second-order valence-electron chi connectivity index (χ2n) is 8.62. The highest BCUT2D eigenvalue weighted by molar-refractivity contribution is 7.99. The number of nitrogens with one attached hydrogen (secondary N) is 1. The van der Waals surface area contributed by atoms with Gasteiger partial charge in [0, 0.05) is 37.7 Å². The van der Waals surface area contributed by atoms with Gasteiger partial charge in [-0.25, -0.2) is 9.59 Å². The Morgan fingerprint density at radius 1 is 1.11 bits per heavy atom. The van der Waals surface area contributed by atoms with E-state index in [1.807, 2.05) is 36.4 Å². The van der Waals surface area contributed by atoms with E-state index in [0.717, 1.165) is 22.3 Å². The van der Waals surface area contributed by atoms with Crippen molar-refractivity contribution in [1.29, 1.82) is 0 Å². The van der Waals surface area contributed by atoms with E-state index in [2.05, 4.69) is 17.4 Å². The first-order chi connectivity index (χ1) is 17.0. The Kier molecular flexibility index (Phi) is 8.30. The van der Waals surface area contributed by atoms with E-state index in [0.29, 0.717) is 37.5 Å². The molecule has 0 spiro atoms. The molecule has 2 aliphatic rings. The van der Waals surface area contributed by atoms with E-state index in [-0.39, 0.29) is 12.5 Å². The molecular formula is C26H30N2O6S. The summed E-state index contributed by atoms with van der Waals surface area (Å²) in [6, 6.07) is 14.3. The maximum atomic E-state index is 13.3. The van der Waals surface area contributed by atoms with E-state index in [4.69, 9.17) is 9.47 Å². The number of thioether (sulfide) groups is 1. The van der Waals surface area contributed by atoms with Crippen molar-refractivity contribution in [3.63, 3.8) is 0 Å². The fraction of sp³-hybridized carbons (Fsp3) is 0.423. The molecule has 2 atom stereocenters. The Morgan fingerprint density at radius 2 is 1.77 bits per heavy atom. The lowest BCUT2D eigenvalue weighted by atomic mass is 9.98. The molecule has 8 nitrogen and oxygen atoms in total. The molecule has 0 aromatic heterocycles. The molecule has 35 heavy (non-hydrogen) atoms. The van der Waals surface area contributed by atoms with Crippen LogP contribution in [-0.2, 0) is 19.1 Å². The number of nitrogens with zero attached hydrogens (tertiary/aromatic N) is 1. The summed E-state index contributed by atoms with van der Waals surface area (Å²) >= 11 is 1.50. The van der Waals surface area contributed by atoms with Crippen molar-refractivity contribution >= 4 is 29.7 Å². The monoisotopic (exact) mass is 498 g/mol. The third-order valence-electron chi connectivity index (χ3n) is 6.47. The topological polar surface area (TPSA) is 105 Å². The number of carbonyl (C=O) groups is 3. The lowest BCUT2D eigenvalue weighted by Crippen LogP contribution is -2.57. The van der Waals surface area contributed by atoms with Crippen LogP contribution in [-0.4, -0.2) is 78.4 Å². The average molecular weight is 499 g/mol. The van der Waals surface area contributed by atoms with Crippen LogP contribution in [0.3, 0.4) is 0 Å². The number of benzene rings is 2. The fourth-order valence-corrected chi connectivity index (χ4v) is 5.78. The molecule has 1 aliphatic heterocycles. The van der Waals surface area contributed by atoms with Gasteiger partial charge in [-0.3, -0.25) is 4.79 Å². The number of ether oxygens (including phenoxy) is 2. The van der Waals surface area contributed by atoms with Crippen molar-refractivity contribution in [3.8, 4) is 11.1 Å². The van der Waals surface area contributed by atoms with E-state index in [9.17, 15) is 19.5 Å². The van der Waals surface area contributed by atoms with Gasteiger partial charge in [0.1, 0.15) is 18.7 Å². The van der Waals surface area contributed by atoms with Crippen LogP contribution in [0.5, 0.6) is 0 Å². The summed E-state index contributed by atoms with van der Waals surface area (Å²) in [6.07, 6.45) is 0.171. The molecule has 1 fully saturated rings. The minimum absolute atomic E-state index is 0.0914. The molecular weight excluding hydrogens is 468 g/mol. The van der Waals surface area contributed by atoms with Crippen molar-refractivity contribution in [2.45, 2.75) is 30.8 Å². The smallest absolute Gasteiger partial charge is 0.407 e. The predicted molar refractivity (Wildman–Crippen MR) is 134 cm³/mol. The second-order valence-corrected chi connectivity index (χ2v) is 9.77. The van der Waals surface area contributed by atoms with Gasteiger partial charge in [-0.2, -0.15) is 11.8 Å². The molecule has 2 unspecified atom stereocenters. The van der Waals surface area contributed by atoms with E-state index >= 15 is 0 Å². The van der Waals surface area contributed by atoms with Crippen molar-refractivity contribution in [2.75, 3.05) is 38.4 Å². The van der Waals surface area contributed by atoms with E-state index < -0.39 is 30.1 Å². The number of amides is 2. The molecule has 0 radical (unpaired) electrons. The second kappa shape index (κ2) is 11.6. The lowest BCUT2D eigenvalue weighted by Gasteiger charge is -2.35. The maximum Gasteiger partial charge on any atom is 0.407 e. The molecule has 2 aromatic carbocycles. The van der Waals surface area contributed by atoms with E-state index in [1.54, 1.807) is 7.11 Å². The van der Waals surface area contributed by atoms with Crippen LogP contribution in [0.1, 0.15) is 29.9 Å². The van der Waals surface area contributed by atoms with Crippen LogP contribution in [0.15, 0.2) is 48.5 Å². The molecule has 4 rings (SSSR count). The number of carboxylic acid groups (broad SMARTS) is 1. The van der Waals surface area contributed by atoms with Crippen molar-refractivity contribution < 1.29 is 29.0 Å². The Morgan fingerprint density at radius 3 is 2.40 bits per heavy atom. The number of carbonyl (C=O) groups excluding carboxylic acids is 2. The molecule has 1 saturated heterocycles. The third-order valence-corrected chi connectivity index (χ3v) is 7.49. The van der Waals surface area contributed by atoms with Gasteiger partial charge < -0.3 is 24.8 Å². The zero-order valence-electron chi connectivity index (χ0n) is 19.6. The first-order valence-corrected chi connectivity index (χ1v) is 12.9. The highest BCUT2D eigenvalue weighted by atomic mass is 32.2. The average Bonchev–Trinajstić information content (AvgIpc) is 3.20. The molecule has 2 amide bonds. The van der Waals surface area contributed by atoms with Gasteiger partial charge in [0.15, 0.2) is 0 Å². The Labute approximate surface area is 209 Å². The SMILES string of the molecule is COCCCC(NC(=O)OCC1c2ccccc2-c2ccccc21)C(=O)N1CCSCC1C(=O)O. The van der Waals surface area contributed by atoms with Crippen molar-refractivity contribution in [1.82, 2.24) is 10.2 Å². The van der Waals surface area contributed by atoms with Gasteiger partial charge >= 0.3 is 12.1 Å². The predicted octanol–water partition coefficient (Wildman–Crippen LogP) is 3.35. The number of alkyl carbamates (subject to hydrolysis) is 1. The zero-order valence-corrected chi connectivity index (χ0v) is 20.5. The standard InChI is InChI=1S/C26H30N2O6S/c1-33-13-6-11-22(24(29)28-12-14-35-16-23(28)25(30)31)27-26(32)34-15-21-19-9-4-2-7-17(19)18-8-3-5-10-20(18)21/h2-5,7-10,21-23H,6,11-16H2,1H3,(H,27,32)(H,30,31).